The third-order valence-electron chi connectivity index (χ3n) is 6.25. The average molecular weight is 564 g/mol. The van der Waals surface area contributed by atoms with Crippen molar-refractivity contribution in [2.75, 3.05) is 13.2 Å². The third kappa shape index (κ3) is 16.3. The van der Waals surface area contributed by atoms with E-state index in [1.807, 2.05) is 6.08 Å². The summed E-state index contributed by atoms with van der Waals surface area (Å²) < 4.78 is 47.5. The summed E-state index contributed by atoms with van der Waals surface area (Å²) in [7, 11) is -5.25. The molecule has 1 fully saturated rings. The van der Waals surface area contributed by atoms with Crippen LogP contribution in [0.2, 0.25) is 0 Å². The summed E-state index contributed by atoms with van der Waals surface area (Å²) >= 11 is 0. The van der Waals surface area contributed by atoms with Crippen LogP contribution in [0.3, 0.4) is 0 Å². The van der Waals surface area contributed by atoms with E-state index in [4.69, 9.17) is 15.2 Å². The van der Waals surface area contributed by atoms with Crippen LogP contribution < -0.4 is 35.3 Å². The molecule has 7 atom stereocenters. The van der Waals surface area contributed by atoms with Crippen LogP contribution in [0.5, 0.6) is 0 Å². The molecule has 1 rings (SSSR count). The van der Waals surface area contributed by atoms with Crippen LogP contribution in [0.4, 0.5) is 0 Å². The number of allylic oxidation sites excluding steroid dienone is 1. The van der Waals surface area contributed by atoms with E-state index in [0.29, 0.717) is 0 Å². The van der Waals surface area contributed by atoms with Crippen molar-refractivity contribution in [3.63, 3.8) is 0 Å². The van der Waals surface area contributed by atoms with E-state index >= 15 is 0 Å². The predicted octanol–water partition coefficient (Wildman–Crippen LogP) is -1.76. The van der Waals surface area contributed by atoms with E-state index < -0.39 is 59.9 Å². The van der Waals surface area contributed by atoms with Gasteiger partial charge in [-0.05, 0) is 12.8 Å². The van der Waals surface area contributed by atoms with Crippen molar-refractivity contribution in [3.8, 4) is 0 Å². The number of rotatable bonds is 20. The summed E-state index contributed by atoms with van der Waals surface area (Å²) in [6.45, 7) is 1.18. The molecule has 0 aromatic rings. The summed E-state index contributed by atoms with van der Waals surface area (Å²) in [6, 6.07) is -0.892. The zero-order chi connectivity index (χ0) is 27.0. The summed E-state index contributed by atoms with van der Waals surface area (Å²) in [5, 5.41) is 39.7. The van der Waals surface area contributed by atoms with Gasteiger partial charge in [-0.15, -0.1) is 0 Å². The standard InChI is InChI=1S/C24H47NO10S.Na/c1-2-3-4-5-6-7-8-9-10-11-12-13-14-15-19(27)18(25)17-33-24-22(29)23(35-36(30,31)32)21(28)20(16-26)34-24;/h14-15,18-24,26-29H,2-13,16-17,25H2,1H3,(H,30,31,32);/q;+1/p-1/b15-14+;/t18-,19+,20+,21-,22+,23-,24+;/m0./s1. The first-order valence-corrected chi connectivity index (χ1v) is 14.4. The van der Waals surface area contributed by atoms with E-state index in [9.17, 15) is 33.4 Å². The van der Waals surface area contributed by atoms with Crippen LogP contribution in [0.25, 0.3) is 0 Å². The summed E-state index contributed by atoms with van der Waals surface area (Å²) in [4.78, 5) is 0. The van der Waals surface area contributed by atoms with Crippen LogP contribution >= 0.6 is 0 Å². The zero-order valence-electron chi connectivity index (χ0n) is 22.3. The Morgan fingerprint density at radius 1 is 1.00 bits per heavy atom. The second kappa shape index (κ2) is 21.1. The molecule has 1 saturated heterocycles. The second-order valence-corrected chi connectivity index (χ2v) is 10.4. The smallest absolute Gasteiger partial charge is 0.726 e. The molecular formula is C24H46NNaO10S. The molecule has 13 heteroatoms. The van der Waals surface area contributed by atoms with Crippen LogP contribution in [0, 0.1) is 0 Å². The fourth-order valence-corrected chi connectivity index (χ4v) is 4.55. The monoisotopic (exact) mass is 563 g/mol. The molecule has 0 aromatic heterocycles. The van der Waals surface area contributed by atoms with Crippen molar-refractivity contribution in [1.29, 1.82) is 0 Å². The van der Waals surface area contributed by atoms with Gasteiger partial charge in [0.2, 0.25) is 10.4 Å². The first-order valence-electron chi connectivity index (χ1n) is 13.1. The topological polar surface area (TPSA) is 192 Å². The molecule has 37 heavy (non-hydrogen) atoms. The minimum atomic E-state index is -5.25. The van der Waals surface area contributed by atoms with Gasteiger partial charge in [0.25, 0.3) is 0 Å². The van der Waals surface area contributed by atoms with Gasteiger partial charge in [-0.1, -0.05) is 83.3 Å². The van der Waals surface area contributed by atoms with Crippen LogP contribution in [-0.2, 0) is 24.1 Å². The Kier molecular flexibility index (Phi) is 21.3. The molecule has 0 aliphatic carbocycles. The maximum absolute atomic E-state index is 10.9. The number of hydrogen-bond acceptors (Lipinski definition) is 11. The summed E-state index contributed by atoms with van der Waals surface area (Å²) in [5.74, 6) is 0. The van der Waals surface area contributed by atoms with E-state index in [2.05, 4.69) is 11.1 Å². The van der Waals surface area contributed by atoms with Crippen molar-refractivity contribution < 1.29 is 76.6 Å². The summed E-state index contributed by atoms with van der Waals surface area (Å²) in [6.07, 6.45) is 8.57. The van der Waals surface area contributed by atoms with Crippen LogP contribution in [-0.4, -0.2) is 89.5 Å². The molecule has 6 N–H and O–H groups in total. The van der Waals surface area contributed by atoms with E-state index in [-0.39, 0.29) is 36.2 Å². The Labute approximate surface area is 244 Å². The minimum absolute atomic E-state index is 0. The van der Waals surface area contributed by atoms with Crippen LogP contribution in [0.15, 0.2) is 12.2 Å². The van der Waals surface area contributed by atoms with Gasteiger partial charge >= 0.3 is 29.6 Å². The Morgan fingerprint density at radius 3 is 2.05 bits per heavy atom. The van der Waals surface area contributed by atoms with E-state index in [1.54, 1.807) is 6.08 Å². The van der Waals surface area contributed by atoms with E-state index in [1.165, 1.54) is 57.8 Å². The summed E-state index contributed by atoms with van der Waals surface area (Å²) in [5.41, 5.74) is 5.92. The fraction of sp³-hybridized carbons (Fsp3) is 0.917. The minimum Gasteiger partial charge on any atom is -0.726 e. The first-order chi connectivity index (χ1) is 17.1. The molecule has 0 aromatic carbocycles. The molecule has 1 aliphatic heterocycles. The SMILES string of the molecule is CCCCCCCCCCCCC/C=C/[C@@H](O)[C@@H](N)CO[C@@H]1O[C@H](CO)[C@H](O)[C@H](OS(=O)(=O)[O-])[C@H]1O.[Na+]. The van der Waals surface area contributed by atoms with Crippen molar-refractivity contribution in [3.05, 3.63) is 12.2 Å². The van der Waals surface area contributed by atoms with Gasteiger partial charge in [-0.2, -0.15) is 0 Å². The van der Waals surface area contributed by atoms with Gasteiger partial charge in [0.15, 0.2) is 6.29 Å². The van der Waals surface area contributed by atoms with Gasteiger partial charge in [0.05, 0.1) is 25.4 Å². The van der Waals surface area contributed by atoms with Gasteiger partial charge in [-0.3, -0.25) is 4.18 Å². The van der Waals surface area contributed by atoms with Gasteiger partial charge in [0.1, 0.15) is 24.4 Å². The molecule has 1 aliphatic rings. The molecular weight excluding hydrogens is 517 g/mol. The van der Waals surface area contributed by atoms with Crippen LogP contribution in [0.1, 0.15) is 84.0 Å². The molecule has 0 saturated carbocycles. The number of nitrogens with two attached hydrogens (primary N) is 1. The number of hydrogen-bond donors (Lipinski definition) is 5. The maximum Gasteiger partial charge on any atom is 1.00 e. The quantitative estimate of drug-likeness (QED) is 0.0370. The largest absolute Gasteiger partial charge is 1.00 e. The third-order valence-corrected chi connectivity index (χ3v) is 6.71. The van der Waals surface area contributed by atoms with Crippen molar-refractivity contribution in [2.24, 2.45) is 5.73 Å². The molecule has 0 radical (unpaired) electrons. The number of aliphatic hydroxyl groups is 4. The molecule has 0 amide bonds. The fourth-order valence-electron chi connectivity index (χ4n) is 4.05. The molecule has 0 bridgehead atoms. The Balaban J connectivity index is 0.0000130. The Hall–Kier alpha value is 0.330. The van der Waals surface area contributed by atoms with E-state index in [0.717, 1.165) is 19.3 Å². The molecule has 214 valence electrons. The molecule has 11 nitrogen and oxygen atoms in total. The number of unbranched alkanes of at least 4 members (excludes halogenated alkanes) is 11. The molecule has 1 heterocycles. The normalized spacial score (nSPS) is 26.2. The second-order valence-electron chi connectivity index (χ2n) is 9.42. The predicted molar refractivity (Wildman–Crippen MR) is 132 cm³/mol. The number of ether oxygens (including phenoxy) is 2. The zero-order valence-corrected chi connectivity index (χ0v) is 25.1. The van der Waals surface area contributed by atoms with Crippen molar-refractivity contribution in [2.45, 2.75) is 127 Å². The van der Waals surface area contributed by atoms with Crippen molar-refractivity contribution in [1.82, 2.24) is 0 Å². The number of aliphatic hydroxyl groups excluding tert-OH is 4. The Bertz CT molecular complexity index is 699. The van der Waals surface area contributed by atoms with Gasteiger partial charge < -0.3 is 40.2 Å². The van der Waals surface area contributed by atoms with Gasteiger partial charge in [-0.25, -0.2) is 8.42 Å². The maximum atomic E-state index is 10.9. The van der Waals surface area contributed by atoms with Gasteiger partial charge in [0, 0.05) is 0 Å². The average Bonchev–Trinajstić information content (AvgIpc) is 2.83. The molecule has 0 spiro atoms. The Morgan fingerprint density at radius 2 is 1.54 bits per heavy atom. The first kappa shape index (κ1) is 37.3. The molecule has 0 unspecified atom stereocenters. The van der Waals surface area contributed by atoms with Crippen molar-refractivity contribution >= 4 is 10.4 Å².